The lowest BCUT2D eigenvalue weighted by atomic mass is 10.1. The number of H-pyrrole nitrogens is 1. The molecule has 1 aromatic heterocycles. The summed E-state index contributed by atoms with van der Waals surface area (Å²) in [6, 6.07) is 6.55. The predicted molar refractivity (Wildman–Crippen MR) is 78.3 cm³/mol. The first-order chi connectivity index (χ1) is 9.41. The number of aromatic amines is 1. The van der Waals surface area contributed by atoms with Crippen LogP contribution in [0.25, 0.3) is 0 Å². The molecule has 0 aliphatic rings. The minimum Gasteiger partial charge on any atom is -0.304 e. The molecule has 1 heterocycles. The van der Waals surface area contributed by atoms with Gasteiger partial charge < -0.3 is 4.57 Å². The number of hydrogen-bond donors (Lipinski definition) is 2. The van der Waals surface area contributed by atoms with Crippen molar-refractivity contribution in [1.29, 1.82) is 0 Å². The lowest BCUT2D eigenvalue weighted by molar-refractivity contribution is 0.597. The summed E-state index contributed by atoms with van der Waals surface area (Å²) in [5, 5.41) is 12.0. The average molecular weight is 312 g/mol. The van der Waals surface area contributed by atoms with Crippen LogP contribution < -0.4 is 5.14 Å². The maximum absolute atomic E-state index is 11.2. The van der Waals surface area contributed by atoms with Crippen molar-refractivity contribution in [1.82, 2.24) is 14.8 Å². The molecule has 2 aromatic rings. The monoisotopic (exact) mass is 312 g/mol. The number of hydrogen-bond acceptors (Lipinski definition) is 4. The number of rotatable bonds is 5. The Labute approximate surface area is 122 Å². The van der Waals surface area contributed by atoms with Gasteiger partial charge in [-0.2, -0.15) is 5.10 Å². The third kappa shape index (κ3) is 3.33. The Hall–Kier alpha value is -1.51. The van der Waals surface area contributed by atoms with E-state index in [1.54, 1.807) is 12.1 Å². The molecule has 0 aliphatic carbocycles. The number of nitrogens with two attached hydrogens (primary N) is 1. The topological polar surface area (TPSA) is 93.8 Å². The summed E-state index contributed by atoms with van der Waals surface area (Å²) < 4.78 is 24.9. The van der Waals surface area contributed by atoms with Gasteiger partial charge in [-0.25, -0.2) is 13.6 Å². The van der Waals surface area contributed by atoms with Crippen LogP contribution in [0, 0.1) is 4.77 Å². The van der Waals surface area contributed by atoms with Gasteiger partial charge >= 0.3 is 0 Å². The Morgan fingerprint density at radius 2 is 2.00 bits per heavy atom. The van der Waals surface area contributed by atoms with Crippen LogP contribution in [0.15, 0.2) is 29.2 Å². The average Bonchev–Trinajstić information content (AvgIpc) is 2.76. The van der Waals surface area contributed by atoms with Gasteiger partial charge in [0.05, 0.1) is 4.90 Å². The summed E-state index contributed by atoms with van der Waals surface area (Å²) in [5.41, 5.74) is 1.02. The zero-order valence-corrected chi connectivity index (χ0v) is 12.7. The van der Waals surface area contributed by atoms with Gasteiger partial charge in [0.15, 0.2) is 4.77 Å². The Morgan fingerprint density at radius 1 is 1.35 bits per heavy atom. The van der Waals surface area contributed by atoms with E-state index in [-0.39, 0.29) is 4.90 Å². The number of benzene rings is 1. The van der Waals surface area contributed by atoms with E-state index in [0.29, 0.717) is 11.3 Å². The number of primary sulfonamides is 1. The zero-order chi connectivity index (χ0) is 14.8. The molecule has 0 aliphatic heterocycles. The number of nitrogens with one attached hydrogen (secondary N) is 1. The molecular formula is C12H16N4O2S2. The molecule has 0 saturated heterocycles. The minimum atomic E-state index is -3.63. The number of aromatic nitrogens is 3. The maximum atomic E-state index is 11.2. The Morgan fingerprint density at radius 3 is 2.55 bits per heavy atom. The fraction of sp³-hybridized carbons (Fsp3) is 0.333. The molecule has 0 radical (unpaired) electrons. The first-order valence-electron chi connectivity index (χ1n) is 6.17. The molecule has 0 amide bonds. The molecular weight excluding hydrogens is 296 g/mol. The van der Waals surface area contributed by atoms with Gasteiger partial charge in [-0.3, -0.25) is 5.10 Å². The van der Waals surface area contributed by atoms with Crippen molar-refractivity contribution < 1.29 is 8.42 Å². The van der Waals surface area contributed by atoms with E-state index in [0.717, 1.165) is 24.2 Å². The van der Waals surface area contributed by atoms with Gasteiger partial charge in [-0.05, 0) is 36.3 Å². The highest BCUT2D eigenvalue weighted by Crippen LogP contribution is 2.10. The van der Waals surface area contributed by atoms with Crippen LogP contribution in [-0.4, -0.2) is 23.2 Å². The van der Waals surface area contributed by atoms with Crippen molar-refractivity contribution in [2.45, 2.75) is 31.2 Å². The normalized spacial score (nSPS) is 11.7. The van der Waals surface area contributed by atoms with Crippen LogP contribution in [0.5, 0.6) is 0 Å². The summed E-state index contributed by atoms with van der Waals surface area (Å²) in [7, 11) is -3.63. The molecule has 3 N–H and O–H groups in total. The Balaban J connectivity index is 2.12. The SMILES string of the molecule is CCc1n[nH]c(=S)n1CCc1ccc(S(N)(=O)=O)cc1. The highest BCUT2D eigenvalue weighted by atomic mass is 32.2. The van der Waals surface area contributed by atoms with Crippen molar-refractivity contribution in [3.63, 3.8) is 0 Å². The molecule has 0 bridgehead atoms. The van der Waals surface area contributed by atoms with Gasteiger partial charge in [0.2, 0.25) is 10.0 Å². The third-order valence-corrected chi connectivity index (χ3v) is 4.27. The fourth-order valence-electron chi connectivity index (χ4n) is 1.94. The van der Waals surface area contributed by atoms with E-state index >= 15 is 0 Å². The van der Waals surface area contributed by atoms with Crippen LogP contribution in [0.4, 0.5) is 0 Å². The predicted octanol–water partition coefficient (Wildman–Crippen LogP) is 1.39. The van der Waals surface area contributed by atoms with Crippen LogP contribution in [0.3, 0.4) is 0 Å². The standard InChI is InChI=1S/C12H16N4O2S2/c1-2-11-14-15-12(19)16(11)8-7-9-3-5-10(6-4-9)20(13,17)18/h3-6H,2,7-8H2,1H3,(H,15,19)(H2,13,17,18). The van der Waals surface area contributed by atoms with Gasteiger partial charge in [-0.1, -0.05) is 19.1 Å². The molecule has 20 heavy (non-hydrogen) atoms. The second-order valence-corrected chi connectivity index (χ2v) is 6.34. The smallest absolute Gasteiger partial charge is 0.238 e. The molecule has 2 rings (SSSR count). The fourth-order valence-corrected chi connectivity index (χ4v) is 2.70. The Kier molecular flexibility index (Phi) is 4.36. The summed E-state index contributed by atoms with van der Waals surface area (Å²) in [6.45, 7) is 2.72. The number of aryl methyl sites for hydroxylation is 2. The maximum Gasteiger partial charge on any atom is 0.238 e. The highest BCUT2D eigenvalue weighted by molar-refractivity contribution is 7.89. The molecule has 1 aromatic carbocycles. The number of sulfonamides is 1. The molecule has 0 spiro atoms. The van der Waals surface area contributed by atoms with E-state index in [2.05, 4.69) is 10.2 Å². The second kappa shape index (κ2) is 5.86. The van der Waals surface area contributed by atoms with E-state index in [1.807, 2.05) is 11.5 Å². The van der Waals surface area contributed by atoms with Crippen molar-refractivity contribution in [3.8, 4) is 0 Å². The minimum absolute atomic E-state index is 0.121. The van der Waals surface area contributed by atoms with E-state index in [1.165, 1.54) is 12.1 Å². The summed E-state index contributed by atoms with van der Waals surface area (Å²) >= 11 is 5.17. The van der Waals surface area contributed by atoms with E-state index < -0.39 is 10.0 Å². The van der Waals surface area contributed by atoms with Crippen LogP contribution in [0.2, 0.25) is 0 Å². The zero-order valence-electron chi connectivity index (χ0n) is 11.0. The highest BCUT2D eigenvalue weighted by Gasteiger charge is 2.07. The molecule has 0 fully saturated rings. The number of nitrogens with zero attached hydrogens (tertiary/aromatic N) is 2. The first kappa shape index (κ1) is 14.9. The van der Waals surface area contributed by atoms with Crippen molar-refractivity contribution in [3.05, 3.63) is 40.4 Å². The molecule has 6 nitrogen and oxygen atoms in total. The van der Waals surface area contributed by atoms with Crippen LogP contribution in [0.1, 0.15) is 18.3 Å². The lowest BCUT2D eigenvalue weighted by Crippen LogP contribution is -2.12. The lowest BCUT2D eigenvalue weighted by Gasteiger charge is -2.06. The van der Waals surface area contributed by atoms with Crippen LogP contribution >= 0.6 is 12.2 Å². The largest absolute Gasteiger partial charge is 0.304 e. The van der Waals surface area contributed by atoms with Gasteiger partial charge in [0, 0.05) is 13.0 Å². The Bertz CT molecular complexity index is 745. The molecule has 108 valence electrons. The quantitative estimate of drug-likeness (QED) is 0.816. The molecule has 8 heteroatoms. The molecule has 0 saturated carbocycles. The molecule has 0 atom stereocenters. The van der Waals surface area contributed by atoms with Gasteiger partial charge in [0.25, 0.3) is 0 Å². The third-order valence-electron chi connectivity index (χ3n) is 3.03. The van der Waals surface area contributed by atoms with Crippen molar-refractivity contribution >= 4 is 22.2 Å². The van der Waals surface area contributed by atoms with Crippen LogP contribution in [-0.2, 0) is 29.4 Å². The van der Waals surface area contributed by atoms with Crippen molar-refractivity contribution in [2.75, 3.05) is 0 Å². The van der Waals surface area contributed by atoms with Gasteiger partial charge in [0.1, 0.15) is 5.82 Å². The first-order valence-corrected chi connectivity index (χ1v) is 8.13. The van der Waals surface area contributed by atoms with E-state index in [9.17, 15) is 8.42 Å². The summed E-state index contributed by atoms with van der Waals surface area (Å²) in [4.78, 5) is 0.121. The second-order valence-electron chi connectivity index (χ2n) is 4.39. The van der Waals surface area contributed by atoms with Gasteiger partial charge in [-0.15, -0.1) is 0 Å². The summed E-state index contributed by atoms with van der Waals surface area (Å²) in [6.07, 6.45) is 1.54. The summed E-state index contributed by atoms with van der Waals surface area (Å²) in [5.74, 6) is 0.913. The van der Waals surface area contributed by atoms with E-state index in [4.69, 9.17) is 17.4 Å². The van der Waals surface area contributed by atoms with Crippen molar-refractivity contribution in [2.24, 2.45) is 5.14 Å². The molecule has 0 unspecified atom stereocenters.